The van der Waals surface area contributed by atoms with E-state index in [9.17, 15) is 13.2 Å². The molecule has 31 heavy (non-hydrogen) atoms. The van der Waals surface area contributed by atoms with Crippen LogP contribution in [0.2, 0.25) is 0 Å². The lowest BCUT2D eigenvalue weighted by atomic mass is 10.1. The van der Waals surface area contributed by atoms with Crippen molar-refractivity contribution in [2.45, 2.75) is 25.4 Å². The molecule has 0 aliphatic carbocycles. The minimum atomic E-state index is -4.57. The Hall–Kier alpha value is -3.25. The number of nitrogens with one attached hydrogen (secondary N) is 2. The van der Waals surface area contributed by atoms with Crippen molar-refractivity contribution in [3.63, 3.8) is 0 Å². The number of alkyl halides is 3. The number of ether oxygens (including phenoxy) is 1. The van der Waals surface area contributed by atoms with Gasteiger partial charge in [0.15, 0.2) is 17.2 Å². The van der Waals surface area contributed by atoms with Gasteiger partial charge in [0.25, 0.3) is 0 Å². The summed E-state index contributed by atoms with van der Waals surface area (Å²) in [6, 6.07) is 0. The van der Waals surface area contributed by atoms with E-state index in [-0.39, 0.29) is 11.8 Å². The Labute approximate surface area is 175 Å². The van der Waals surface area contributed by atoms with Gasteiger partial charge in [-0.1, -0.05) is 0 Å². The molecule has 0 bridgehead atoms. The van der Waals surface area contributed by atoms with E-state index in [1.165, 1.54) is 16.8 Å². The highest BCUT2D eigenvalue weighted by Gasteiger charge is 2.34. The number of aliphatic imine (C=N–C) groups is 1. The summed E-state index contributed by atoms with van der Waals surface area (Å²) in [5.41, 5.74) is 6.13. The lowest BCUT2D eigenvalue weighted by Gasteiger charge is -2.38. The molecule has 1 fully saturated rings. The van der Waals surface area contributed by atoms with Gasteiger partial charge < -0.3 is 21.2 Å². The fraction of sp³-hybridized carbons (Fsp3) is 0.368. The lowest BCUT2D eigenvalue weighted by molar-refractivity contribution is -0.141. The highest BCUT2D eigenvalue weighted by molar-refractivity contribution is 6.01. The average Bonchev–Trinajstić information content (AvgIpc) is 3.21. The van der Waals surface area contributed by atoms with Crippen LogP contribution < -0.4 is 11.1 Å². The third-order valence-corrected chi connectivity index (χ3v) is 5.17. The molecule has 4 N–H and O–H groups in total. The Morgan fingerprint density at radius 2 is 2.16 bits per heavy atom. The highest BCUT2D eigenvalue weighted by atomic mass is 19.4. The maximum absolute atomic E-state index is 13.1. The number of halogens is 3. The molecule has 2 aliphatic heterocycles. The van der Waals surface area contributed by atoms with Crippen molar-refractivity contribution in [2.24, 2.45) is 10.7 Å². The first-order valence-corrected chi connectivity index (χ1v) is 9.52. The van der Waals surface area contributed by atoms with Gasteiger partial charge in [0.1, 0.15) is 18.0 Å². The van der Waals surface area contributed by atoms with Gasteiger partial charge in [0.2, 0.25) is 0 Å². The fourth-order valence-electron chi connectivity index (χ4n) is 3.43. The Bertz CT molecular complexity index is 1090. The summed E-state index contributed by atoms with van der Waals surface area (Å²) in [5, 5.41) is 11.5. The molecule has 9 nitrogen and oxygen atoms in total. The molecule has 2 aliphatic rings. The topological polar surface area (TPSA) is 117 Å². The average molecular weight is 434 g/mol. The summed E-state index contributed by atoms with van der Waals surface area (Å²) in [5.74, 6) is 0.385. The van der Waals surface area contributed by atoms with Crippen LogP contribution in [0.1, 0.15) is 18.3 Å². The molecule has 164 valence electrons. The van der Waals surface area contributed by atoms with E-state index in [0.29, 0.717) is 42.5 Å². The first kappa shape index (κ1) is 21.0. The lowest BCUT2D eigenvalue weighted by Crippen LogP contribution is -2.56. The number of rotatable bonds is 4. The molecule has 2 unspecified atom stereocenters. The minimum Gasteiger partial charge on any atom is -0.404 e. The molecule has 1 saturated heterocycles. The van der Waals surface area contributed by atoms with Gasteiger partial charge in [-0.2, -0.15) is 13.2 Å². The van der Waals surface area contributed by atoms with Crippen molar-refractivity contribution in [1.29, 1.82) is 5.41 Å². The van der Waals surface area contributed by atoms with E-state index in [1.807, 2.05) is 6.08 Å². The molecule has 2 atom stereocenters. The summed E-state index contributed by atoms with van der Waals surface area (Å²) >= 11 is 0. The number of amidine groups is 1. The van der Waals surface area contributed by atoms with Gasteiger partial charge in [-0.25, -0.2) is 15.0 Å². The Kier molecular flexibility index (Phi) is 5.50. The van der Waals surface area contributed by atoms with Gasteiger partial charge in [-0.05, 0) is 24.8 Å². The third-order valence-electron chi connectivity index (χ3n) is 5.17. The van der Waals surface area contributed by atoms with Crippen LogP contribution in [0.5, 0.6) is 0 Å². The van der Waals surface area contributed by atoms with Crippen LogP contribution in [-0.2, 0) is 10.9 Å². The molecule has 2 aromatic rings. The summed E-state index contributed by atoms with van der Waals surface area (Å²) in [6.45, 7) is 3.25. The molecule has 0 radical (unpaired) electrons. The van der Waals surface area contributed by atoms with Gasteiger partial charge in [0, 0.05) is 25.5 Å². The number of morpholine rings is 1. The molecule has 0 spiro atoms. The van der Waals surface area contributed by atoms with E-state index in [4.69, 9.17) is 15.9 Å². The number of fused-ring (bicyclic) bond motifs is 1. The SMILES string of the molecule is C/C(=C/N)C(=N)C1CN(C2C=CN=C(c3cnc4cnc(C(F)(F)F)cn34)N2)CCO1. The monoisotopic (exact) mass is 434 g/mol. The van der Waals surface area contributed by atoms with Crippen LogP contribution in [0.15, 0.2) is 47.6 Å². The van der Waals surface area contributed by atoms with Crippen molar-refractivity contribution in [2.75, 3.05) is 19.7 Å². The third kappa shape index (κ3) is 4.16. The second-order valence-corrected chi connectivity index (χ2v) is 7.17. The number of imidazole rings is 1. The summed E-state index contributed by atoms with van der Waals surface area (Å²) in [4.78, 5) is 13.9. The van der Waals surface area contributed by atoms with Gasteiger partial charge in [-0.3, -0.25) is 9.30 Å². The van der Waals surface area contributed by atoms with Crippen molar-refractivity contribution < 1.29 is 17.9 Å². The summed E-state index contributed by atoms with van der Waals surface area (Å²) in [7, 11) is 0. The summed E-state index contributed by atoms with van der Waals surface area (Å²) < 4.78 is 46.3. The van der Waals surface area contributed by atoms with Gasteiger partial charge in [-0.15, -0.1) is 0 Å². The van der Waals surface area contributed by atoms with Crippen molar-refractivity contribution in [3.05, 3.63) is 54.0 Å². The van der Waals surface area contributed by atoms with Crippen LogP contribution in [0.25, 0.3) is 5.65 Å². The molecule has 0 amide bonds. The first-order chi connectivity index (χ1) is 14.8. The largest absolute Gasteiger partial charge is 0.434 e. The Balaban J connectivity index is 1.55. The molecule has 0 aromatic carbocycles. The second-order valence-electron chi connectivity index (χ2n) is 7.17. The predicted molar refractivity (Wildman–Crippen MR) is 108 cm³/mol. The van der Waals surface area contributed by atoms with Crippen LogP contribution >= 0.6 is 0 Å². The maximum atomic E-state index is 13.1. The van der Waals surface area contributed by atoms with E-state index >= 15 is 0 Å². The smallest absolute Gasteiger partial charge is 0.404 e. The van der Waals surface area contributed by atoms with E-state index in [2.05, 4.69) is 25.2 Å². The predicted octanol–water partition coefficient (Wildman–Crippen LogP) is 1.52. The maximum Gasteiger partial charge on any atom is 0.434 e. The zero-order valence-corrected chi connectivity index (χ0v) is 16.6. The van der Waals surface area contributed by atoms with E-state index in [0.717, 1.165) is 12.4 Å². The zero-order valence-electron chi connectivity index (χ0n) is 16.6. The molecule has 0 saturated carbocycles. The van der Waals surface area contributed by atoms with Crippen LogP contribution in [-0.4, -0.2) is 62.8 Å². The van der Waals surface area contributed by atoms with Gasteiger partial charge in [0.05, 0.1) is 24.7 Å². The second kappa shape index (κ2) is 8.12. The molecule has 12 heteroatoms. The molecule has 2 aromatic heterocycles. The van der Waals surface area contributed by atoms with E-state index in [1.54, 1.807) is 13.1 Å². The Morgan fingerprint density at radius 1 is 1.35 bits per heavy atom. The fourth-order valence-corrected chi connectivity index (χ4v) is 3.43. The number of hydrogen-bond acceptors (Lipinski definition) is 8. The molecule has 4 rings (SSSR count). The first-order valence-electron chi connectivity index (χ1n) is 9.52. The number of nitrogens with zero attached hydrogens (tertiary/aromatic N) is 5. The van der Waals surface area contributed by atoms with Gasteiger partial charge >= 0.3 is 6.18 Å². The standard InChI is InChI=1S/C19H21F3N8O/c1-11(6-23)17(24)13-9-29(4-5-31-13)15-2-3-25-18(28-15)12-7-27-16-8-26-14(10-30(12)16)19(20,21)22/h2-3,6-8,10,13,15,24H,4-5,9,23H2,1H3,(H,25,28)/b11-6-,24-17?. The minimum absolute atomic E-state index is 0.275. The van der Waals surface area contributed by atoms with Crippen LogP contribution in [0, 0.1) is 5.41 Å². The van der Waals surface area contributed by atoms with Crippen LogP contribution in [0.4, 0.5) is 13.2 Å². The summed E-state index contributed by atoms with van der Waals surface area (Å²) in [6.07, 6.45) is 2.98. The van der Waals surface area contributed by atoms with Crippen molar-refractivity contribution in [1.82, 2.24) is 24.6 Å². The number of nitrogens with two attached hydrogens (primary N) is 1. The normalized spacial score (nSPS) is 23.0. The van der Waals surface area contributed by atoms with Crippen LogP contribution in [0.3, 0.4) is 0 Å². The van der Waals surface area contributed by atoms with E-state index < -0.39 is 18.0 Å². The Morgan fingerprint density at radius 3 is 2.90 bits per heavy atom. The number of aromatic nitrogens is 3. The quantitative estimate of drug-likeness (QED) is 0.629. The number of hydrogen-bond donors (Lipinski definition) is 3. The van der Waals surface area contributed by atoms with Crippen molar-refractivity contribution in [3.8, 4) is 0 Å². The highest BCUT2D eigenvalue weighted by Crippen LogP contribution is 2.27. The molecular weight excluding hydrogens is 413 g/mol. The zero-order chi connectivity index (χ0) is 22.2. The molecular formula is C19H21F3N8O. The molecule has 4 heterocycles. The van der Waals surface area contributed by atoms with Crippen molar-refractivity contribution >= 4 is 17.2 Å².